The molecule has 8 nitrogen and oxygen atoms in total. The number of rotatable bonds is 11. The minimum Gasteiger partial charge on any atom is -0.493 e. The number of hydrogen-bond acceptors (Lipinski definition) is 5. The highest BCUT2D eigenvalue weighted by molar-refractivity contribution is 5.90. The lowest BCUT2D eigenvalue weighted by Gasteiger charge is -2.17. The number of para-hydroxylation sites is 2. The molecule has 0 saturated carbocycles. The van der Waals surface area contributed by atoms with Crippen LogP contribution in [0.25, 0.3) is 0 Å². The Labute approximate surface area is 181 Å². The van der Waals surface area contributed by atoms with Gasteiger partial charge in [0.25, 0.3) is 0 Å². The number of hydrogen-bond donors (Lipinski definition) is 1. The SMILES string of the molecule is CN(CCOc1ccccc1)C(=O)Cn1cc(NC(=O)CCOc2ccccc2)cn1. The summed E-state index contributed by atoms with van der Waals surface area (Å²) in [6, 6.07) is 18.8. The minimum atomic E-state index is -0.183. The van der Waals surface area contributed by atoms with Gasteiger partial charge in [0.2, 0.25) is 11.8 Å². The number of ether oxygens (including phenoxy) is 2. The van der Waals surface area contributed by atoms with E-state index in [1.807, 2.05) is 60.7 Å². The van der Waals surface area contributed by atoms with Crippen LogP contribution in [0.5, 0.6) is 11.5 Å². The molecule has 0 aliphatic heterocycles. The monoisotopic (exact) mass is 422 g/mol. The summed E-state index contributed by atoms with van der Waals surface area (Å²) >= 11 is 0. The maximum atomic E-state index is 12.4. The molecule has 0 saturated heterocycles. The molecule has 0 unspecified atom stereocenters. The summed E-state index contributed by atoms with van der Waals surface area (Å²) in [5.41, 5.74) is 0.535. The largest absolute Gasteiger partial charge is 0.493 e. The van der Waals surface area contributed by atoms with Crippen LogP contribution < -0.4 is 14.8 Å². The smallest absolute Gasteiger partial charge is 0.244 e. The number of likely N-dealkylation sites (N-methyl/N-ethyl adjacent to an activating group) is 1. The summed E-state index contributed by atoms with van der Waals surface area (Å²) in [5.74, 6) is 1.20. The summed E-state index contributed by atoms with van der Waals surface area (Å²) in [6.07, 6.45) is 3.35. The number of nitrogens with one attached hydrogen (secondary N) is 1. The quantitative estimate of drug-likeness (QED) is 0.514. The van der Waals surface area contributed by atoms with Crippen molar-refractivity contribution in [3.63, 3.8) is 0 Å². The van der Waals surface area contributed by atoms with E-state index in [0.717, 1.165) is 11.5 Å². The van der Waals surface area contributed by atoms with Crippen molar-refractivity contribution in [1.29, 1.82) is 0 Å². The molecule has 8 heteroatoms. The number of anilines is 1. The fourth-order valence-electron chi connectivity index (χ4n) is 2.72. The molecular weight excluding hydrogens is 396 g/mol. The van der Waals surface area contributed by atoms with E-state index >= 15 is 0 Å². The highest BCUT2D eigenvalue weighted by Crippen LogP contribution is 2.10. The van der Waals surface area contributed by atoms with Gasteiger partial charge in [0.1, 0.15) is 24.7 Å². The Bertz CT molecular complexity index is 960. The van der Waals surface area contributed by atoms with Crippen molar-refractivity contribution in [3.05, 3.63) is 73.1 Å². The first-order chi connectivity index (χ1) is 15.1. The van der Waals surface area contributed by atoms with Crippen LogP contribution in [0.15, 0.2) is 73.1 Å². The first kappa shape index (κ1) is 21.9. The first-order valence-corrected chi connectivity index (χ1v) is 10.0. The number of benzene rings is 2. The van der Waals surface area contributed by atoms with Crippen molar-refractivity contribution in [3.8, 4) is 11.5 Å². The Morgan fingerprint density at radius 2 is 1.58 bits per heavy atom. The van der Waals surface area contributed by atoms with Crippen molar-refractivity contribution < 1.29 is 19.1 Å². The number of nitrogens with zero attached hydrogens (tertiary/aromatic N) is 3. The van der Waals surface area contributed by atoms with Gasteiger partial charge in [0.15, 0.2) is 0 Å². The molecule has 2 aromatic carbocycles. The van der Waals surface area contributed by atoms with Crippen LogP contribution in [0.1, 0.15) is 6.42 Å². The zero-order valence-electron chi connectivity index (χ0n) is 17.4. The fourth-order valence-corrected chi connectivity index (χ4v) is 2.72. The van der Waals surface area contributed by atoms with Crippen LogP contribution in [0.4, 0.5) is 5.69 Å². The molecule has 0 atom stereocenters. The predicted molar refractivity (Wildman–Crippen MR) is 117 cm³/mol. The van der Waals surface area contributed by atoms with E-state index < -0.39 is 0 Å². The van der Waals surface area contributed by atoms with Crippen LogP contribution in [0.3, 0.4) is 0 Å². The molecule has 162 valence electrons. The van der Waals surface area contributed by atoms with E-state index in [1.165, 1.54) is 10.9 Å². The Kier molecular flexibility index (Phi) is 8.05. The third kappa shape index (κ3) is 7.50. The predicted octanol–water partition coefficient (Wildman–Crippen LogP) is 2.83. The van der Waals surface area contributed by atoms with Gasteiger partial charge in [0, 0.05) is 13.2 Å². The second-order valence-electron chi connectivity index (χ2n) is 6.86. The van der Waals surface area contributed by atoms with Crippen molar-refractivity contribution in [1.82, 2.24) is 14.7 Å². The van der Waals surface area contributed by atoms with Crippen LogP contribution in [-0.2, 0) is 16.1 Å². The molecule has 3 rings (SSSR count). The third-order valence-corrected chi connectivity index (χ3v) is 4.42. The van der Waals surface area contributed by atoms with Crippen molar-refractivity contribution in [2.45, 2.75) is 13.0 Å². The Hall–Kier alpha value is -3.81. The van der Waals surface area contributed by atoms with E-state index in [2.05, 4.69) is 10.4 Å². The van der Waals surface area contributed by atoms with Gasteiger partial charge < -0.3 is 19.7 Å². The topological polar surface area (TPSA) is 85.7 Å². The van der Waals surface area contributed by atoms with Gasteiger partial charge in [-0.1, -0.05) is 36.4 Å². The van der Waals surface area contributed by atoms with Gasteiger partial charge in [0.05, 0.1) is 31.5 Å². The standard InChI is InChI=1S/C23H26N4O4/c1-26(13-15-31-21-10-6-3-7-11-21)23(29)18-27-17-19(16-24-27)25-22(28)12-14-30-20-8-4-2-5-9-20/h2-11,16-17H,12-15,18H2,1H3,(H,25,28). The highest BCUT2D eigenvalue weighted by Gasteiger charge is 2.11. The lowest BCUT2D eigenvalue weighted by molar-refractivity contribution is -0.131. The van der Waals surface area contributed by atoms with E-state index in [1.54, 1.807) is 18.1 Å². The maximum absolute atomic E-state index is 12.4. The van der Waals surface area contributed by atoms with Gasteiger partial charge in [-0.2, -0.15) is 5.10 Å². The lowest BCUT2D eigenvalue weighted by Crippen LogP contribution is -2.33. The van der Waals surface area contributed by atoms with Gasteiger partial charge in [-0.15, -0.1) is 0 Å². The van der Waals surface area contributed by atoms with Crippen molar-refractivity contribution in [2.24, 2.45) is 0 Å². The molecule has 0 bridgehead atoms. The Balaban J connectivity index is 1.36. The number of amides is 2. The molecule has 0 aliphatic carbocycles. The highest BCUT2D eigenvalue weighted by atomic mass is 16.5. The molecule has 31 heavy (non-hydrogen) atoms. The van der Waals surface area contributed by atoms with Gasteiger partial charge in [-0.05, 0) is 24.3 Å². The third-order valence-electron chi connectivity index (χ3n) is 4.42. The van der Waals surface area contributed by atoms with Crippen LogP contribution in [0.2, 0.25) is 0 Å². The van der Waals surface area contributed by atoms with Crippen LogP contribution in [-0.4, -0.2) is 53.3 Å². The number of carbonyl (C=O) groups is 2. The fraction of sp³-hybridized carbons (Fsp3) is 0.261. The van der Waals surface area contributed by atoms with E-state index in [9.17, 15) is 9.59 Å². The first-order valence-electron chi connectivity index (χ1n) is 10.0. The molecule has 0 fully saturated rings. The van der Waals surface area contributed by atoms with Crippen LogP contribution in [0, 0.1) is 0 Å². The molecular formula is C23H26N4O4. The van der Waals surface area contributed by atoms with Crippen molar-refractivity contribution in [2.75, 3.05) is 32.1 Å². The molecule has 1 N–H and O–H groups in total. The van der Waals surface area contributed by atoms with Crippen molar-refractivity contribution >= 4 is 17.5 Å². The molecule has 1 aromatic heterocycles. The lowest BCUT2D eigenvalue weighted by atomic mass is 10.3. The zero-order valence-corrected chi connectivity index (χ0v) is 17.4. The minimum absolute atomic E-state index is 0.0782. The van der Waals surface area contributed by atoms with Gasteiger partial charge >= 0.3 is 0 Å². The number of aromatic nitrogens is 2. The van der Waals surface area contributed by atoms with E-state index in [-0.39, 0.29) is 31.4 Å². The summed E-state index contributed by atoms with van der Waals surface area (Å²) < 4.78 is 12.6. The van der Waals surface area contributed by atoms with Gasteiger partial charge in [-0.3, -0.25) is 14.3 Å². The van der Waals surface area contributed by atoms with Crippen LogP contribution >= 0.6 is 0 Å². The normalized spacial score (nSPS) is 10.4. The summed E-state index contributed by atoms with van der Waals surface area (Å²) in [6.45, 7) is 1.21. The second kappa shape index (κ2) is 11.4. The summed E-state index contributed by atoms with van der Waals surface area (Å²) in [4.78, 5) is 26.0. The molecule has 2 amide bonds. The molecule has 0 spiro atoms. The number of carbonyl (C=O) groups excluding carboxylic acids is 2. The summed E-state index contributed by atoms with van der Waals surface area (Å²) in [5, 5.41) is 6.90. The Morgan fingerprint density at radius 1 is 0.968 bits per heavy atom. The van der Waals surface area contributed by atoms with E-state index in [4.69, 9.17) is 9.47 Å². The van der Waals surface area contributed by atoms with Gasteiger partial charge in [-0.25, -0.2) is 0 Å². The zero-order chi connectivity index (χ0) is 21.9. The molecule has 0 radical (unpaired) electrons. The average Bonchev–Trinajstić information content (AvgIpc) is 3.21. The summed E-state index contributed by atoms with van der Waals surface area (Å²) in [7, 11) is 1.72. The average molecular weight is 422 g/mol. The van der Waals surface area contributed by atoms with E-state index in [0.29, 0.717) is 18.8 Å². The molecule has 0 aliphatic rings. The maximum Gasteiger partial charge on any atom is 0.244 e. The Morgan fingerprint density at radius 3 is 2.23 bits per heavy atom. The molecule has 3 aromatic rings. The second-order valence-corrected chi connectivity index (χ2v) is 6.86. The molecule has 1 heterocycles.